The Labute approximate surface area is 198 Å². The zero-order valence-corrected chi connectivity index (χ0v) is 18.7. The van der Waals surface area contributed by atoms with Crippen molar-refractivity contribution in [1.29, 1.82) is 0 Å². The number of hydrogen-bond acceptors (Lipinski definition) is 9. The van der Waals surface area contributed by atoms with Gasteiger partial charge in [0.1, 0.15) is 23.0 Å². The number of carbonyl (C=O) groups is 3. The number of isothiocyanates is 1. The van der Waals surface area contributed by atoms with Crippen molar-refractivity contribution in [2.75, 3.05) is 0 Å². The molecule has 0 bridgehead atoms. The number of rotatable bonds is 3. The number of ether oxygens (including phenoxy) is 4. The van der Waals surface area contributed by atoms with Crippen LogP contribution < -0.4 is 14.2 Å². The van der Waals surface area contributed by atoms with E-state index in [-0.39, 0.29) is 11.5 Å². The number of carbonyl (C=O) groups excluding carboxylic acids is 3. The molecule has 2 aliphatic heterocycles. The number of benzene rings is 3. The van der Waals surface area contributed by atoms with Gasteiger partial charge in [0.2, 0.25) is 0 Å². The van der Waals surface area contributed by atoms with Crippen molar-refractivity contribution in [3.8, 4) is 23.0 Å². The summed E-state index contributed by atoms with van der Waals surface area (Å²) in [5.41, 5.74) is 1.05. The van der Waals surface area contributed by atoms with E-state index in [9.17, 15) is 14.4 Å². The third-order valence-electron chi connectivity index (χ3n) is 5.43. The molecule has 168 valence electrons. The molecule has 0 fully saturated rings. The van der Waals surface area contributed by atoms with E-state index in [4.69, 9.17) is 31.2 Å². The zero-order chi connectivity index (χ0) is 24.0. The molecule has 0 aliphatic carbocycles. The molecule has 0 N–H and O–H groups in total. The summed E-state index contributed by atoms with van der Waals surface area (Å²) in [6, 6.07) is 14.6. The first-order valence-electron chi connectivity index (χ1n) is 10.1. The summed E-state index contributed by atoms with van der Waals surface area (Å²) in [4.78, 5) is 40.0. The second-order valence-corrected chi connectivity index (χ2v) is 7.79. The molecule has 1 spiro atoms. The first-order valence-corrected chi connectivity index (χ1v) is 10.5. The molecule has 3 aromatic carbocycles. The number of thiocarbonyl (C=S) groups is 1. The fraction of sp³-hybridized carbons (Fsp3) is 0.120. The van der Waals surface area contributed by atoms with Crippen LogP contribution in [0.5, 0.6) is 23.0 Å². The van der Waals surface area contributed by atoms with Crippen molar-refractivity contribution in [3.63, 3.8) is 0 Å². The average Bonchev–Trinajstić information content (AvgIpc) is 3.05. The standard InChI is InChI=1S/C25H15NO7S/c1-13(27)30-16-4-7-19-22(10-16)32-23-11-17(31-14(2)28)5-8-20(23)25(19)21-9-15(26-12-34)3-6-18(21)24(29)33-25/h3-11H,1-2H3. The van der Waals surface area contributed by atoms with Crippen molar-refractivity contribution in [2.24, 2.45) is 4.99 Å². The van der Waals surface area contributed by atoms with Crippen LogP contribution >= 0.6 is 12.2 Å². The fourth-order valence-electron chi connectivity index (χ4n) is 4.25. The predicted molar refractivity (Wildman–Crippen MR) is 122 cm³/mol. The lowest BCUT2D eigenvalue weighted by molar-refractivity contribution is -0.132. The van der Waals surface area contributed by atoms with Crippen molar-refractivity contribution < 1.29 is 33.3 Å². The highest BCUT2D eigenvalue weighted by Gasteiger charge is 2.53. The summed E-state index contributed by atoms with van der Waals surface area (Å²) in [5, 5.41) is 2.33. The van der Waals surface area contributed by atoms with E-state index in [1.54, 1.807) is 42.5 Å². The Morgan fingerprint density at radius 3 is 2.00 bits per heavy atom. The average molecular weight is 473 g/mol. The van der Waals surface area contributed by atoms with Crippen LogP contribution in [0.2, 0.25) is 0 Å². The monoisotopic (exact) mass is 473 g/mol. The summed E-state index contributed by atoms with van der Waals surface area (Å²) < 4.78 is 22.6. The second kappa shape index (κ2) is 7.91. The van der Waals surface area contributed by atoms with Crippen molar-refractivity contribution >= 4 is 41.0 Å². The maximum atomic E-state index is 13.0. The highest BCUT2D eigenvalue weighted by atomic mass is 32.1. The first kappa shape index (κ1) is 21.5. The molecule has 0 saturated heterocycles. The molecule has 0 unspecified atom stereocenters. The van der Waals surface area contributed by atoms with E-state index in [0.29, 0.717) is 39.4 Å². The minimum Gasteiger partial charge on any atom is -0.456 e. The van der Waals surface area contributed by atoms with Crippen LogP contribution in [-0.2, 0) is 19.9 Å². The van der Waals surface area contributed by atoms with Gasteiger partial charge in [-0.1, -0.05) is 0 Å². The van der Waals surface area contributed by atoms with Crippen LogP contribution in [0.15, 0.2) is 59.6 Å². The lowest BCUT2D eigenvalue weighted by atomic mass is 9.77. The third kappa shape index (κ3) is 3.35. The molecule has 0 saturated carbocycles. The molecule has 3 aromatic rings. The lowest BCUT2D eigenvalue weighted by Crippen LogP contribution is -2.33. The van der Waals surface area contributed by atoms with E-state index < -0.39 is 23.5 Å². The number of nitrogens with zero attached hydrogens (tertiary/aromatic N) is 1. The van der Waals surface area contributed by atoms with Crippen LogP contribution in [0.4, 0.5) is 5.69 Å². The van der Waals surface area contributed by atoms with Crippen LogP contribution in [0, 0.1) is 0 Å². The molecule has 0 aromatic heterocycles. The van der Waals surface area contributed by atoms with Crippen molar-refractivity contribution in [2.45, 2.75) is 19.4 Å². The molecule has 5 rings (SSSR count). The van der Waals surface area contributed by atoms with Gasteiger partial charge >= 0.3 is 17.9 Å². The Balaban J connectivity index is 1.79. The minimum absolute atomic E-state index is 0.254. The maximum Gasteiger partial charge on any atom is 0.340 e. The van der Waals surface area contributed by atoms with E-state index in [1.165, 1.54) is 26.0 Å². The maximum absolute atomic E-state index is 13.0. The van der Waals surface area contributed by atoms with Gasteiger partial charge in [0.15, 0.2) is 5.60 Å². The number of fused-ring (bicyclic) bond motifs is 6. The quantitative estimate of drug-likeness (QED) is 0.231. The first-order chi connectivity index (χ1) is 16.3. The zero-order valence-electron chi connectivity index (χ0n) is 17.9. The highest BCUT2D eigenvalue weighted by molar-refractivity contribution is 7.78. The van der Waals surface area contributed by atoms with Gasteiger partial charge in [-0.15, -0.1) is 0 Å². The third-order valence-corrected chi connectivity index (χ3v) is 5.52. The lowest BCUT2D eigenvalue weighted by Gasteiger charge is -2.36. The molecule has 0 atom stereocenters. The van der Waals surface area contributed by atoms with Gasteiger partial charge in [-0.05, 0) is 54.7 Å². The molecular formula is C25H15NO7S. The van der Waals surface area contributed by atoms with Gasteiger partial charge in [-0.3, -0.25) is 9.59 Å². The molecule has 2 aliphatic rings. The largest absolute Gasteiger partial charge is 0.456 e. The Hall–Kier alpha value is -4.33. The topological polar surface area (TPSA) is 100 Å². The van der Waals surface area contributed by atoms with Gasteiger partial charge in [0.05, 0.1) is 16.4 Å². The SMILES string of the molecule is CC(=O)Oc1ccc2c(c1)Oc1cc(OC(C)=O)ccc1C21OC(=O)c2ccc(N=C=S)cc21. The Bertz CT molecular complexity index is 1390. The number of esters is 3. The van der Waals surface area contributed by atoms with Gasteiger partial charge in [-0.2, -0.15) is 4.99 Å². The van der Waals surface area contributed by atoms with Crippen LogP contribution in [0.25, 0.3) is 0 Å². The van der Waals surface area contributed by atoms with Gasteiger partial charge in [-0.25, -0.2) is 4.79 Å². The Morgan fingerprint density at radius 1 is 0.882 bits per heavy atom. The summed E-state index contributed by atoms with van der Waals surface area (Å²) in [7, 11) is 0. The van der Waals surface area contributed by atoms with Crippen LogP contribution in [-0.4, -0.2) is 23.1 Å². The van der Waals surface area contributed by atoms with Gasteiger partial charge in [0.25, 0.3) is 0 Å². The van der Waals surface area contributed by atoms with E-state index in [2.05, 4.69) is 10.2 Å². The Morgan fingerprint density at radius 2 is 1.47 bits per heavy atom. The number of hydrogen-bond donors (Lipinski definition) is 0. The molecular weight excluding hydrogens is 458 g/mol. The van der Waals surface area contributed by atoms with Gasteiger partial charge in [0, 0.05) is 42.7 Å². The summed E-state index contributed by atoms with van der Waals surface area (Å²) in [5.74, 6) is -0.410. The summed E-state index contributed by atoms with van der Waals surface area (Å²) in [6.07, 6.45) is 0. The Kier molecular flexibility index (Phi) is 5.01. The molecule has 34 heavy (non-hydrogen) atoms. The van der Waals surface area contributed by atoms with Crippen molar-refractivity contribution in [1.82, 2.24) is 0 Å². The smallest absolute Gasteiger partial charge is 0.340 e. The van der Waals surface area contributed by atoms with Crippen LogP contribution in [0.3, 0.4) is 0 Å². The normalized spacial score (nSPS) is 14.0. The molecule has 0 amide bonds. The minimum atomic E-state index is -1.38. The number of aliphatic imine (C=N–C) groups is 1. The van der Waals surface area contributed by atoms with Crippen LogP contribution in [0.1, 0.15) is 40.9 Å². The summed E-state index contributed by atoms with van der Waals surface area (Å²) >= 11 is 4.74. The van der Waals surface area contributed by atoms with E-state index in [1.807, 2.05) is 0 Å². The molecule has 9 heteroatoms. The molecule has 8 nitrogen and oxygen atoms in total. The molecule has 2 heterocycles. The van der Waals surface area contributed by atoms with Gasteiger partial charge < -0.3 is 18.9 Å². The summed E-state index contributed by atoms with van der Waals surface area (Å²) in [6.45, 7) is 2.57. The highest BCUT2D eigenvalue weighted by Crippen LogP contribution is 2.57. The predicted octanol–water partition coefficient (Wildman–Crippen LogP) is 4.84. The van der Waals surface area contributed by atoms with E-state index >= 15 is 0 Å². The van der Waals surface area contributed by atoms with E-state index in [0.717, 1.165) is 0 Å². The van der Waals surface area contributed by atoms with Crippen molar-refractivity contribution in [3.05, 3.63) is 76.9 Å². The fourth-order valence-corrected chi connectivity index (χ4v) is 4.36. The second-order valence-electron chi connectivity index (χ2n) is 7.61. The molecule has 0 radical (unpaired) electrons.